The van der Waals surface area contributed by atoms with E-state index in [1.807, 2.05) is 24.3 Å². The number of benzene rings is 2. The predicted octanol–water partition coefficient (Wildman–Crippen LogP) is 8.27. The van der Waals surface area contributed by atoms with E-state index in [9.17, 15) is 13.2 Å². The summed E-state index contributed by atoms with van der Waals surface area (Å²) in [5, 5.41) is 0. The number of halogens is 3. The monoisotopic (exact) mass is 414 g/mol. The lowest BCUT2D eigenvalue weighted by Crippen LogP contribution is -2.40. The van der Waals surface area contributed by atoms with Crippen molar-refractivity contribution in [2.24, 2.45) is 5.92 Å². The van der Waals surface area contributed by atoms with Gasteiger partial charge >= 0.3 is 6.18 Å². The molecule has 0 aliphatic heterocycles. The minimum absolute atomic E-state index is 0.114. The Kier molecular flexibility index (Phi) is 5.31. The summed E-state index contributed by atoms with van der Waals surface area (Å²) in [6.45, 7) is 9.02. The fourth-order valence-corrected chi connectivity index (χ4v) is 5.22. The summed E-state index contributed by atoms with van der Waals surface area (Å²) in [6.07, 6.45) is 1.44. The van der Waals surface area contributed by atoms with E-state index >= 15 is 0 Å². The predicted molar refractivity (Wildman–Crippen MR) is 117 cm³/mol. The molecule has 2 aliphatic carbocycles. The van der Waals surface area contributed by atoms with Gasteiger partial charge in [-0.1, -0.05) is 89.1 Å². The Labute approximate surface area is 178 Å². The van der Waals surface area contributed by atoms with Crippen LogP contribution in [0.5, 0.6) is 0 Å². The highest BCUT2D eigenvalue weighted by Gasteiger charge is 2.56. The molecule has 2 aliphatic rings. The van der Waals surface area contributed by atoms with Crippen molar-refractivity contribution < 1.29 is 13.2 Å². The third-order valence-electron chi connectivity index (χ3n) is 8.29. The van der Waals surface area contributed by atoms with Crippen molar-refractivity contribution in [2.75, 3.05) is 0 Å². The zero-order valence-electron chi connectivity index (χ0n) is 18.5. The van der Waals surface area contributed by atoms with Crippen molar-refractivity contribution in [3.8, 4) is 0 Å². The van der Waals surface area contributed by atoms with Crippen molar-refractivity contribution in [3.05, 3.63) is 70.8 Å². The van der Waals surface area contributed by atoms with Gasteiger partial charge in [0.15, 0.2) is 0 Å². The summed E-state index contributed by atoms with van der Waals surface area (Å²) < 4.78 is 38.7. The number of hydrogen-bond acceptors (Lipinski definition) is 0. The molecule has 2 saturated carbocycles. The zero-order chi connectivity index (χ0) is 21.7. The first-order valence-electron chi connectivity index (χ1n) is 11.3. The first-order valence-corrected chi connectivity index (χ1v) is 11.3. The number of hydrogen-bond donors (Lipinski definition) is 0. The molecule has 0 bridgehead atoms. The molecule has 2 aromatic rings. The van der Waals surface area contributed by atoms with Crippen LogP contribution in [0.25, 0.3) is 0 Å². The SMILES string of the molecule is CC(C)(c1ccc(C2CCCC2)cc1)C(C)(C)c1ccc(C2CC2C(F)(F)F)cc1. The van der Waals surface area contributed by atoms with Crippen LogP contribution in [0.4, 0.5) is 13.2 Å². The smallest absolute Gasteiger partial charge is 0.171 e. The molecular weight excluding hydrogens is 381 g/mol. The highest BCUT2D eigenvalue weighted by Crippen LogP contribution is 2.56. The molecule has 3 heteroatoms. The molecule has 2 unspecified atom stereocenters. The molecule has 162 valence electrons. The Morgan fingerprint density at radius 3 is 1.50 bits per heavy atom. The lowest BCUT2D eigenvalue weighted by molar-refractivity contribution is -0.148. The molecular formula is C27H33F3. The minimum atomic E-state index is -4.07. The van der Waals surface area contributed by atoms with Crippen LogP contribution in [0.3, 0.4) is 0 Å². The van der Waals surface area contributed by atoms with Crippen LogP contribution in [0.1, 0.15) is 93.9 Å². The van der Waals surface area contributed by atoms with Gasteiger partial charge in [-0.05, 0) is 64.2 Å². The van der Waals surface area contributed by atoms with Crippen LogP contribution in [-0.2, 0) is 10.8 Å². The standard InChI is InChI=1S/C27H33F3/c1-25(2,21-13-9-19(10-14-21)18-7-5-6-8-18)26(3,4)22-15-11-20(12-16-22)23-17-24(23)27(28,29)30/h9-16,18,23-24H,5-8,17H2,1-4H3. The van der Waals surface area contributed by atoms with E-state index in [0.29, 0.717) is 5.92 Å². The molecule has 2 atom stereocenters. The minimum Gasteiger partial charge on any atom is -0.171 e. The van der Waals surface area contributed by atoms with Crippen molar-refractivity contribution in [2.45, 2.75) is 88.6 Å². The van der Waals surface area contributed by atoms with E-state index in [2.05, 4.69) is 52.0 Å². The average molecular weight is 415 g/mol. The van der Waals surface area contributed by atoms with Crippen molar-refractivity contribution in [3.63, 3.8) is 0 Å². The van der Waals surface area contributed by atoms with Crippen molar-refractivity contribution >= 4 is 0 Å². The molecule has 2 fully saturated rings. The number of alkyl halides is 3. The molecule has 0 spiro atoms. The second kappa shape index (κ2) is 7.43. The third-order valence-corrected chi connectivity index (χ3v) is 8.29. The molecule has 0 amide bonds. The summed E-state index contributed by atoms with van der Waals surface area (Å²) in [5.74, 6) is -0.810. The van der Waals surface area contributed by atoms with Crippen molar-refractivity contribution in [1.29, 1.82) is 0 Å². The molecule has 0 nitrogen and oxygen atoms in total. The lowest BCUT2D eigenvalue weighted by Gasteiger charge is -2.43. The van der Waals surface area contributed by atoms with E-state index in [4.69, 9.17) is 0 Å². The lowest BCUT2D eigenvalue weighted by atomic mass is 9.61. The molecule has 0 radical (unpaired) electrons. The average Bonchev–Trinajstić information content (AvgIpc) is 3.35. The fourth-order valence-electron chi connectivity index (χ4n) is 5.22. The molecule has 30 heavy (non-hydrogen) atoms. The molecule has 0 aromatic heterocycles. The Morgan fingerprint density at radius 2 is 1.10 bits per heavy atom. The maximum absolute atomic E-state index is 12.9. The van der Waals surface area contributed by atoms with Crippen molar-refractivity contribution in [1.82, 2.24) is 0 Å². The van der Waals surface area contributed by atoms with E-state index in [-0.39, 0.29) is 23.2 Å². The van der Waals surface area contributed by atoms with Gasteiger partial charge in [0.05, 0.1) is 5.92 Å². The van der Waals surface area contributed by atoms with Gasteiger partial charge in [-0.25, -0.2) is 0 Å². The van der Waals surface area contributed by atoms with Gasteiger partial charge in [-0.15, -0.1) is 0 Å². The van der Waals surface area contributed by atoms with E-state index < -0.39 is 12.1 Å². The second-order valence-electron chi connectivity index (χ2n) is 10.5. The Morgan fingerprint density at radius 1 is 0.667 bits per heavy atom. The maximum Gasteiger partial charge on any atom is 0.392 e. The van der Waals surface area contributed by atoms with Gasteiger partial charge in [0.2, 0.25) is 0 Å². The van der Waals surface area contributed by atoms with Crippen LogP contribution >= 0.6 is 0 Å². The third kappa shape index (κ3) is 3.81. The molecule has 0 saturated heterocycles. The fraction of sp³-hybridized carbons (Fsp3) is 0.556. The molecule has 2 aromatic carbocycles. The quantitative estimate of drug-likeness (QED) is 0.462. The van der Waals surface area contributed by atoms with Gasteiger partial charge in [0.25, 0.3) is 0 Å². The Balaban J connectivity index is 1.53. The van der Waals surface area contributed by atoms with E-state index in [1.165, 1.54) is 42.4 Å². The van der Waals surface area contributed by atoms with Gasteiger partial charge in [-0.2, -0.15) is 13.2 Å². The summed E-state index contributed by atoms with van der Waals surface area (Å²) in [7, 11) is 0. The zero-order valence-corrected chi connectivity index (χ0v) is 18.5. The first kappa shape index (κ1) is 21.5. The number of rotatable bonds is 5. The Hall–Kier alpha value is -1.77. The summed E-state index contributed by atoms with van der Waals surface area (Å²) in [6, 6.07) is 17.1. The van der Waals surface area contributed by atoms with Crippen LogP contribution in [0.15, 0.2) is 48.5 Å². The van der Waals surface area contributed by atoms with E-state index in [0.717, 1.165) is 5.56 Å². The molecule has 0 N–H and O–H groups in total. The second-order valence-corrected chi connectivity index (χ2v) is 10.5. The summed E-state index contributed by atoms with van der Waals surface area (Å²) >= 11 is 0. The highest BCUT2D eigenvalue weighted by molar-refractivity contribution is 5.40. The van der Waals surface area contributed by atoms with Crippen LogP contribution < -0.4 is 0 Å². The molecule has 0 heterocycles. The Bertz CT molecular complexity index is 866. The largest absolute Gasteiger partial charge is 0.392 e. The van der Waals surface area contributed by atoms with Crippen LogP contribution in [0, 0.1) is 5.92 Å². The van der Waals surface area contributed by atoms with E-state index in [1.54, 1.807) is 0 Å². The van der Waals surface area contributed by atoms with Crippen LogP contribution in [0.2, 0.25) is 0 Å². The topological polar surface area (TPSA) is 0 Å². The summed E-state index contributed by atoms with van der Waals surface area (Å²) in [5.41, 5.74) is 4.47. The van der Waals surface area contributed by atoms with Gasteiger partial charge < -0.3 is 0 Å². The van der Waals surface area contributed by atoms with Crippen LogP contribution in [-0.4, -0.2) is 6.18 Å². The summed E-state index contributed by atoms with van der Waals surface area (Å²) in [4.78, 5) is 0. The highest BCUT2D eigenvalue weighted by atomic mass is 19.4. The van der Waals surface area contributed by atoms with Gasteiger partial charge in [-0.3, -0.25) is 0 Å². The first-order chi connectivity index (χ1) is 14.0. The normalized spacial score (nSPS) is 23.0. The molecule has 4 rings (SSSR count). The van der Waals surface area contributed by atoms with Gasteiger partial charge in [0, 0.05) is 0 Å². The maximum atomic E-state index is 12.9. The van der Waals surface area contributed by atoms with Gasteiger partial charge in [0.1, 0.15) is 0 Å².